The van der Waals surface area contributed by atoms with Gasteiger partial charge in [0.05, 0.1) is 6.20 Å². The Hall–Kier alpha value is -2.04. The van der Waals surface area contributed by atoms with E-state index in [1.165, 1.54) is 38.5 Å². The van der Waals surface area contributed by atoms with Crippen LogP contribution in [0.4, 0.5) is 0 Å². The van der Waals surface area contributed by atoms with Crippen LogP contribution in [0.15, 0.2) is 30.7 Å². The monoisotopic (exact) mass is 324 g/mol. The van der Waals surface area contributed by atoms with Crippen molar-refractivity contribution in [3.05, 3.63) is 36.3 Å². The van der Waals surface area contributed by atoms with Crippen LogP contribution in [0.3, 0.4) is 0 Å². The predicted molar refractivity (Wildman–Crippen MR) is 90.9 cm³/mol. The molecule has 2 aromatic heterocycles. The lowest BCUT2D eigenvalue weighted by atomic mass is 9.53. The normalized spacial score (nSPS) is 33.8. The summed E-state index contributed by atoms with van der Waals surface area (Å²) in [5, 5.41) is 7.77. The summed E-state index contributed by atoms with van der Waals surface area (Å²) in [6.07, 6.45) is 13.3. The summed E-state index contributed by atoms with van der Waals surface area (Å²) in [6, 6.07) is 3.93. The lowest BCUT2D eigenvalue weighted by molar-refractivity contribution is -0.0167. The van der Waals surface area contributed by atoms with Crippen LogP contribution in [0.5, 0.6) is 0 Å². The molecule has 126 valence electrons. The van der Waals surface area contributed by atoms with E-state index in [1.807, 2.05) is 36.1 Å². The van der Waals surface area contributed by atoms with Gasteiger partial charge in [-0.25, -0.2) is 0 Å². The van der Waals surface area contributed by atoms with E-state index < -0.39 is 0 Å². The van der Waals surface area contributed by atoms with Crippen molar-refractivity contribution in [3.63, 3.8) is 0 Å². The third-order valence-electron chi connectivity index (χ3n) is 6.42. The topological polar surface area (TPSA) is 51.9 Å². The minimum Gasteiger partial charge on any atom is -0.346 e. The molecule has 4 aliphatic carbocycles. The van der Waals surface area contributed by atoms with E-state index in [4.69, 9.17) is 0 Å². The third kappa shape index (κ3) is 2.14. The molecule has 4 aliphatic rings. The number of hydrogen-bond donors (Lipinski definition) is 1. The van der Waals surface area contributed by atoms with Crippen LogP contribution >= 0.6 is 0 Å². The molecule has 0 saturated heterocycles. The summed E-state index contributed by atoms with van der Waals surface area (Å²) in [5.74, 6) is 3.36. The first-order chi connectivity index (χ1) is 11.6. The Labute approximate surface area is 142 Å². The summed E-state index contributed by atoms with van der Waals surface area (Å²) >= 11 is 0. The van der Waals surface area contributed by atoms with Crippen LogP contribution in [-0.4, -0.2) is 25.8 Å². The maximum Gasteiger partial charge on any atom is 0.257 e. The highest BCUT2D eigenvalue weighted by Crippen LogP contribution is 2.55. The fourth-order valence-corrected chi connectivity index (χ4v) is 5.95. The van der Waals surface area contributed by atoms with E-state index in [0.29, 0.717) is 5.56 Å². The number of aryl methyl sites for hydroxylation is 1. The molecule has 0 unspecified atom stereocenters. The van der Waals surface area contributed by atoms with Crippen LogP contribution in [-0.2, 0) is 7.05 Å². The summed E-state index contributed by atoms with van der Waals surface area (Å²) in [5.41, 5.74) is 0.708. The first-order valence-corrected chi connectivity index (χ1v) is 9.10. The summed E-state index contributed by atoms with van der Waals surface area (Å²) < 4.78 is 3.73. The number of nitrogens with zero attached hydrogens (tertiary/aromatic N) is 3. The predicted octanol–water partition coefficient (Wildman–Crippen LogP) is 2.91. The van der Waals surface area contributed by atoms with Crippen molar-refractivity contribution >= 4 is 5.91 Å². The van der Waals surface area contributed by atoms with Crippen molar-refractivity contribution in [1.82, 2.24) is 19.7 Å². The van der Waals surface area contributed by atoms with Crippen molar-refractivity contribution in [2.24, 2.45) is 24.8 Å². The van der Waals surface area contributed by atoms with Crippen LogP contribution < -0.4 is 5.32 Å². The molecule has 0 spiro atoms. The lowest BCUT2D eigenvalue weighted by Crippen LogP contribution is -2.59. The van der Waals surface area contributed by atoms with E-state index in [0.717, 1.165) is 23.6 Å². The molecular formula is C19H24N4O. The van der Waals surface area contributed by atoms with Gasteiger partial charge < -0.3 is 9.88 Å². The van der Waals surface area contributed by atoms with Crippen molar-refractivity contribution < 1.29 is 4.79 Å². The molecule has 0 radical (unpaired) electrons. The largest absolute Gasteiger partial charge is 0.346 e. The molecule has 2 aromatic rings. The quantitative estimate of drug-likeness (QED) is 0.944. The van der Waals surface area contributed by atoms with E-state index in [-0.39, 0.29) is 11.4 Å². The number of nitrogens with one attached hydrogen (secondary N) is 1. The molecular weight excluding hydrogens is 300 g/mol. The number of rotatable bonds is 3. The average molecular weight is 324 g/mol. The highest BCUT2D eigenvalue weighted by atomic mass is 16.1. The Kier molecular flexibility index (Phi) is 2.97. The van der Waals surface area contributed by atoms with Gasteiger partial charge in [-0.15, -0.1) is 0 Å². The molecule has 4 saturated carbocycles. The van der Waals surface area contributed by atoms with Gasteiger partial charge in [0, 0.05) is 25.0 Å². The van der Waals surface area contributed by atoms with Crippen molar-refractivity contribution in [2.75, 3.05) is 0 Å². The molecule has 1 N–H and O–H groups in total. The average Bonchev–Trinajstić information content (AvgIpc) is 3.14. The zero-order chi connectivity index (χ0) is 16.3. The van der Waals surface area contributed by atoms with Crippen LogP contribution in [0.2, 0.25) is 0 Å². The summed E-state index contributed by atoms with van der Waals surface area (Å²) in [7, 11) is 1.89. The minimum atomic E-state index is 0.0359. The Morgan fingerprint density at radius 2 is 1.71 bits per heavy atom. The molecule has 24 heavy (non-hydrogen) atoms. The Bertz CT molecular complexity index is 738. The summed E-state index contributed by atoms with van der Waals surface area (Å²) in [4.78, 5) is 13.1. The first-order valence-electron chi connectivity index (χ1n) is 9.10. The van der Waals surface area contributed by atoms with Gasteiger partial charge >= 0.3 is 0 Å². The highest BCUT2D eigenvalue weighted by Gasteiger charge is 2.51. The van der Waals surface area contributed by atoms with Crippen LogP contribution in [0.1, 0.15) is 48.9 Å². The molecule has 0 atom stereocenters. The zero-order valence-corrected chi connectivity index (χ0v) is 14.1. The van der Waals surface area contributed by atoms with Gasteiger partial charge in [0.25, 0.3) is 5.91 Å². The minimum absolute atomic E-state index is 0.0359. The fourth-order valence-electron chi connectivity index (χ4n) is 5.95. The SMILES string of the molecule is Cn1ncc(C(=O)NC23CC4CC(CC(C4)C2)C3)c1-n1cccc1. The van der Waals surface area contributed by atoms with Gasteiger partial charge in [0.15, 0.2) is 0 Å². The third-order valence-corrected chi connectivity index (χ3v) is 6.42. The van der Waals surface area contributed by atoms with Crippen molar-refractivity contribution in [2.45, 2.75) is 44.1 Å². The molecule has 2 heterocycles. The fraction of sp³-hybridized carbons (Fsp3) is 0.579. The van der Waals surface area contributed by atoms with Crippen LogP contribution in [0.25, 0.3) is 5.82 Å². The second-order valence-corrected chi connectivity index (χ2v) is 8.25. The number of aromatic nitrogens is 3. The maximum absolute atomic E-state index is 13.1. The number of carbonyl (C=O) groups is 1. The van der Waals surface area contributed by atoms with Crippen molar-refractivity contribution in [3.8, 4) is 5.82 Å². The maximum atomic E-state index is 13.1. The number of hydrogen-bond acceptors (Lipinski definition) is 2. The molecule has 4 fully saturated rings. The van der Waals surface area contributed by atoms with Gasteiger partial charge in [0.2, 0.25) is 0 Å². The molecule has 0 aromatic carbocycles. The van der Waals surface area contributed by atoms with E-state index >= 15 is 0 Å². The molecule has 0 aliphatic heterocycles. The zero-order valence-electron chi connectivity index (χ0n) is 14.1. The Morgan fingerprint density at radius 3 is 2.29 bits per heavy atom. The van der Waals surface area contributed by atoms with Gasteiger partial charge in [-0.05, 0) is 68.4 Å². The standard InChI is InChI=1S/C19H24N4O/c1-22-18(23-4-2-3-5-23)16(12-20-22)17(24)21-19-9-13-6-14(10-19)8-15(7-13)11-19/h2-5,12-15H,6-11H2,1H3,(H,21,24). The second kappa shape index (κ2) is 4.98. The lowest BCUT2D eigenvalue weighted by Gasteiger charge is -2.56. The molecule has 6 rings (SSSR count). The number of amides is 1. The van der Waals surface area contributed by atoms with Gasteiger partial charge in [-0.2, -0.15) is 5.10 Å². The highest BCUT2D eigenvalue weighted by molar-refractivity contribution is 5.97. The second-order valence-electron chi connectivity index (χ2n) is 8.25. The number of carbonyl (C=O) groups excluding carboxylic acids is 1. The van der Waals surface area contributed by atoms with Gasteiger partial charge in [-0.3, -0.25) is 9.48 Å². The summed E-state index contributed by atoms with van der Waals surface area (Å²) in [6.45, 7) is 0. The molecule has 5 nitrogen and oxygen atoms in total. The van der Waals surface area contributed by atoms with Gasteiger partial charge in [0.1, 0.15) is 11.4 Å². The Morgan fingerprint density at radius 1 is 1.12 bits per heavy atom. The van der Waals surface area contributed by atoms with E-state index in [2.05, 4.69) is 10.4 Å². The van der Waals surface area contributed by atoms with Crippen molar-refractivity contribution in [1.29, 1.82) is 0 Å². The smallest absolute Gasteiger partial charge is 0.257 e. The molecule has 4 bridgehead atoms. The first kappa shape index (κ1) is 14.3. The van der Waals surface area contributed by atoms with Crippen LogP contribution in [0, 0.1) is 17.8 Å². The molecule has 1 amide bonds. The van der Waals surface area contributed by atoms with E-state index in [1.54, 1.807) is 10.9 Å². The van der Waals surface area contributed by atoms with E-state index in [9.17, 15) is 4.79 Å². The Balaban J connectivity index is 1.44. The van der Waals surface area contributed by atoms with Gasteiger partial charge in [-0.1, -0.05) is 0 Å². The molecule has 5 heteroatoms.